The lowest BCUT2D eigenvalue weighted by atomic mass is 9.84. The Morgan fingerprint density at radius 3 is 2.64 bits per heavy atom. The molecule has 2 aliphatic rings. The van der Waals surface area contributed by atoms with E-state index in [0.29, 0.717) is 22.5 Å². The molecule has 0 unspecified atom stereocenters. The Bertz CT molecular complexity index is 823. The molecule has 5 heteroatoms. The summed E-state index contributed by atoms with van der Waals surface area (Å²) in [5.74, 6) is 0.721. The SMILES string of the molecule is O=C(c1n[nH]c(=O)c2ccccc12)N1CCC[C@H]1CC1CCCCC1. The van der Waals surface area contributed by atoms with E-state index in [2.05, 4.69) is 10.2 Å². The summed E-state index contributed by atoms with van der Waals surface area (Å²) in [5.41, 5.74) is 0.137. The van der Waals surface area contributed by atoms with E-state index in [4.69, 9.17) is 0 Å². The highest BCUT2D eigenvalue weighted by atomic mass is 16.2. The molecule has 1 saturated carbocycles. The first-order valence-electron chi connectivity index (χ1n) is 9.52. The highest BCUT2D eigenvalue weighted by Gasteiger charge is 2.33. The van der Waals surface area contributed by atoms with E-state index in [0.717, 1.165) is 31.7 Å². The number of rotatable bonds is 3. The lowest BCUT2D eigenvalue weighted by Crippen LogP contribution is -2.38. The fourth-order valence-corrected chi connectivity index (χ4v) is 4.57. The van der Waals surface area contributed by atoms with Crippen LogP contribution in [0.15, 0.2) is 29.1 Å². The van der Waals surface area contributed by atoms with Gasteiger partial charge < -0.3 is 4.90 Å². The second-order valence-electron chi connectivity index (χ2n) is 7.48. The maximum absolute atomic E-state index is 13.2. The van der Waals surface area contributed by atoms with Gasteiger partial charge >= 0.3 is 0 Å². The van der Waals surface area contributed by atoms with Crippen LogP contribution in [-0.2, 0) is 0 Å². The van der Waals surface area contributed by atoms with Crippen LogP contribution in [0, 0.1) is 5.92 Å². The Morgan fingerprint density at radius 1 is 1.08 bits per heavy atom. The Hall–Kier alpha value is -2.17. The lowest BCUT2D eigenvalue weighted by molar-refractivity contribution is 0.0706. The Balaban J connectivity index is 1.59. The number of nitrogens with zero attached hydrogens (tertiary/aromatic N) is 2. The molecule has 1 aromatic heterocycles. The van der Waals surface area contributed by atoms with Gasteiger partial charge in [0.25, 0.3) is 11.5 Å². The molecule has 25 heavy (non-hydrogen) atoms. The number of carbonyl (C=O) groups is 1. The van der Waals surface area contributed by atoms with E-state index in [1.807, 2.05) is 23.1 Å². The molecule has 132 valence electrons. The number of H-pyrrole nitrogens is 1. The zero-order valence-electron chi connectivity index (χ0n) is 14.5. The third kappa shape index (κ3) is 3.20. The first-order valence-corrected chi connectivity index (χ1v) is 9.52. The van der Waals surface area contributed by atoms with Gasteiger partial charge in [0.1, 0.15) is 0 Å². The lowest BCUT2D eigenvalue weighted by Gasteiger charge is -2.30. The number of fused-ring (bicyclic) bond motifs is 1. The van der Waals surface area contributed by atoms with Crippen LogP contribution >= 0.6 is 0 Å². The third-order valence-corrected chi connectivity index (χ3v) is 5.87. The zero-order valence-corrected chi connectivity index (χ0v) is 14.5. The van der Waals surface area contributed by atoms with Gasteiger partial charge in [-0.05, 0) is 31.2 Å². The van der Waals surface area contributed by atoms with E-state index >= 15 is 0 Å². The Kier molecular flexibility index (Phi) is 4.55. The normalized spacial score (nSPS) is 21.8. The van der Waals surface area contributed by atoms with E-state index in [9.17, 15) is 9.59 Å². The van der Waals surface area contributed by atoms with Crippen molar-refractivity contribution in [2.24, 2.45) is 5.92 Å². The van der Waals surface area contributed by atoms with Gasteiger partial charge in [0.2, 0.25) is 0 Å². The Morgan fingerprint density at radius 2 is 1.84 bits per heavy atom. The van der Waals surface area contributed by atoms with Gasteiger partial charge in [0, 0.05) is 18.0 Å². The second-order valence-corrected chi connectivity index (χ2v) is 7.48. The molecule has 1 aliphatic heterocycles. The first-order chi connectivity index (χ1) is 12.2. The molecule has 0 spiro atoms. The maximum Gasteiger partial charge on any atom is 0.275 e. The predicted molar refractivity (Wildman–Crippen MR) is 97.6 cm³/mol. The average Bonchev–Trinajstić information content (AvgIpc) is 3.11. The number of benzene rings is 1. The van der Waals surface area contributed by atoms with Gasteiger partial charge in [0.15, 0.2) is 5.69 Å². The molecule has 0 bridgehead atoms. The molecule has 1 atom stereocenters. The molecular weight excluding hydrogens is 314 g/mol. The third-order valence-electron chi connectivity index (χ3n) is 5.87. The van der Waals surface area contributed by atoms with Gasteiger partial charge in [-0.15, -0.1) is 0 Å². The molecule has 1 saturated heterocycles. The molecule has 0 radical (unpaired) electrons. The zero-order chi connectivity index (χ0) is 17.2. The monoisotopic (exact) mass is 339 g/mol. The van der Waals surface area contributed by atoms with Crippen molar-refractivity contribution in [3.05, 3.63) is 40.3 Å². The molecule has 2 aromatic rings. The molecule has 1 aliphatic carbocycles. The molecule has 2 heterocycles. The molecule has 1 aromatic carbocycles. The van der Waals surface area contributed by atoms with Crippen molar-refractivity contribution in [3.63, 3.8) is 0 Å². The quantitative estimate of drug-likeness (QED) is 0.931. The largest absolute Gasteiger partial charge is 0.334 e. The van der Waals surface area contributed by atoms with Crippen LogP contribution in [-0.4, -0.2) is 33.6 Å². The van der Waals surface area contributed by atoms with Gasteiger partial charge in [-0.25, -0.2) is 5.10 Å². The van der Waals surface area contributed by atoms with Crippen molar-refractivity contribution in [3.8, 4) is 0 Å². The predicted octanol–water partition coefficient (Wildman–Crippen LogP) is 3.50. The van der Waals surface area contributed by atoms with Gasteiger partial charge in [-0.3, -0.25) is 9.59 Å². The molecular formula is C20H25N3O2. The summed E-state index contributed by atoms with van der Waals surface area (Å²) in [4.78, 5) is 27.1. The van der Waals surface area contributed by atoms with Crippen LogP contribution in [0.3, 0.4) is 0 Å². The van der Waals surface area contributed by atoms with Crippen molar-refractivity contribution in [2.75, 3.05) is 6.54 Å². The molecule has 1 amide bonds. The summed E-state index contributed by atoms with van der Waals surface area (Å²) >= 11 is 0. The number of aromatic amines is 1. The van der Waals surface area contributed by atoms with Crippen LogP contribution in [0.5, 0.6) is 0 Å². The van der Waals surface area contributed by atoms with E-state index < -0.39 is 0 Å². The minimum atomic E-state index is -0.243. The second kappa shape index (κ2) is 6.98. The number of nitrogens with one attached hydrogen (secondary N) is 1. The summed E-state index contributed by atoms with van der Waals surface area (Å²) < 4.78 is 0. The van der Waals surface area contributed by atoms with Crippen molar-refractivity contribution in [1.82, 2.24) is 15.1 Å². The summed E-state index contributed by atoms with van der Waals surface area (Å²) in [6.07, 6.45) is 9.89. The van der Waals surface area contributed by atoms with Crippen LogP contribution in [0.2, 0.25) is 0 Å². The summed E-state index contributed by atoms with van der Waals surface area (Å²) in [6.45, 7) is 0.797. The first kappa shape index (κ1) is 16.3. The Labute approximate surface area is 147 Å². The van der Waals surface area contributed by atoms with Gasteiger partial charge in [-0.1, -0.05) is 50.3 Å². The van der Waals surface area contributed by atoms with E-state index in [1.165, 1.54) is 32.1 Å². The standard InChI is InChI=1S/C20H25N3O2/c24-19-17-11-5-4-10-16(17)18(21-22-19)20(25)23-12-6-9-15(23)13-14-7-2-1-3-8-14/h4-5,10-11,14-15H,1-3,6-9,12-13H2,(H,22,24)/t15-/m0/s1. The van der Waals surface area contributed by atoms with Crippen LogP contribution in [0.4, 0.5) is 0 Å². The number of likely N-dealkylation sites (tertiary alicyclic amines) is 1. The minimum absolute atomic E-state index is 0.0363. The van der Waals surface area contributed by atoms with E-state index in [-0.39, 0.29) is 11.5 Å². The number of hydrogen-bond donors (Lipinski definition) is 1. The van der Waals surface area contributed by atoms with Crippen molar-refractivity contribution in [2.45, 2.75) is 57.4 Å². The maximum atomic E-state index is 13.2. The fourth-order valence-electron chi connectivity index (χ4n) is 4.57. The van der Waals surface area contributed by atoms with Crippen molar-refractivity contribution >= 4 is 16.7 Å². The molecule has 1 N–H and O–H groups in total. The molecule has 5 nitrogen and oxygen atoms in total. The number of amides is 1. The number of aromatic nitrogens is 2. The summed E-state index contributed by atoms with van der Waals surface area (Å²) in [5, 5.41) is 7.78. The van der Waals surface area contributed by atoms with Crippen LogP contribution < -0.4 is 5.56 Å². The van der Waals surface area contributed by atoms with Gasteiger partial charge in [-0.2, -0.15) is 5.10 Å². The smallest absolute Gasteiger partial charge is 0.275 e. The average molecular weight is 339 g/mol. The summed E-state index contributed by atoms with van der Waals surface area (Å²) in [6, 6.07) is 7.55. The highest BCUT2D eigenvalue weighted by Crippen LogP contribution is 2.32. The fraction of sp³-hybridized carbons (Fsp3) is 0.550. The minimum Gasteiger partial charge on any atom is -0.334 e. The van der Waals surface area contributed by atoms with Crippen LogP contribution in [0.1, 0.15) is 61.9 Å². The summed E-state index contributed by atoms with van der Waals surface area (Å²) in [7, 11) is 0. The van der Waals surface area contributed by atoms with Crippen LogP contribution in [0.25, 0.3) is 10.8 Å². The molecule has 4 rings (SSSR count). The highest BCUT2D eigenvalue weighted by molar-refractivity contribution is 6.04. The van der Waals surface area contributed by atoms with E-state index in [1.54, 1.807) is 6.07 Å². The number of carbonyl (C=O) groups excluding carboxylic acids is 1. The van der Waals surface area contributed by atoms with Gasteiger partial charge in [0.05, 0.1) is 5.39 Å². The van der Waals surface area contributed by atoms with Crippen molar-refractivity contribution < 1.29 is 4.79 Å². The topological polar surface area (TPSA) is 66.1 Å². The van der Waals surface area contributed by atoms with Crippen molar-refractivity contribution in [1.29, 1.82) is 0 Å². The number of hydrogen-bond acceptors (Lipinski definition) is 3. The molecule has 2 fully saturated rings.